The van der Waals surface area contributed by atoms with Crippen LogP contribution in [0, 0.1) is 21.8 Å². The van der Waals surface area contributed by atoms with Crippen LogP contribution in [0.5, 0.6) is 0 Å². The lowest BCUT2D eigenvalue weighted by Gasteiger charge is -2.23. The van der Waals surface area contributed by atoms with E-state index in [2.05, 4.69) is 0 Å². The maximum Gasteiger partial charge on any atom is 0.327 e. The second kappa shape index (κ2) is 5.90. The fraction of sp³-hybridized carbons (Fsp3) is 0.533. The van der Waals surface area contributed by atoms with Crippen molar-refractivity contribution >= 4 is 17.3 Å². The molecule has 22 heavy (non-hydrogen) atoms. The molecule has 0 atom stereocenters. The van der Waals surface area contributed by atoms with Crippen LogP contribution in [0.2, 0.25) is 0 Å². The fourth-order valence-electron chi connectivity index (χ4n) is 2.91. The molecular weight excluding hydrogens is 289 g/mol. The minimum Gasteiger partial charge on any atom is -0.364 e. The van der Waals surface area contributed by atoms with Crippen molar-refractivity contribution in [3.63, 3.8) is 0 Å². The normalized spacial score (nSPS) is 19.0. The largest absolute Gasteiger partial charge is 0.364 e. The highest BCUT2D eigenvalue weighted by Crippen LogP contribution is 2.33. The molecule has 1 aliphatic carbocycles. The molecule has 3 rings (SSSR count). The van der Waals surface area contributed by atoms with E-state index in [1.165, 1.54) is 6.07 Å². The Morgan fingerprint density at radius 2 is 2.00 bits per heavy atom. The van der Waals surface area contributed by atoms with E-state index in [-0.39, 0.29) is 11.8 Å². The van der Waals surface area contributed by atoms with Gasteiger partial charge in [-0.15, -0.1) is 0 Å². The zero-order valence-electron chi connectivity index (χ0n) is 12.2. The average molecular weight is 307 g/mol. The smallest absolute Gasteiger partial charge is 0.327 e. The van der Waals surface area contributed by atoms with Gasteiger partial charge >= 0.3 is 5.69 Å². The van der Waals surface area contributed by atoms with Crippen molar-refractivity contribution in [1.29, 1.82) is 0 Å². The van der Waals surface area contributed by atoms with Gasteiger partial charge in [-0.2, -0.15) is 4.39 Å². The van der Waals surface area contributed by atoms with E-state index >= 15 is 0 Å². The number of benzene rings is 1. The molecule has 6 nitrogen and oxygen atoms in total. The van der Waals surface area contributed by atoms with E-state index in [0.29, 0.717) is 31.9 Å². The third-order valence-corrected chi connectivity index (χ3v) is 4.22. The molecule has 0 bridgehead atoms. The molecule has 0 radical (unpaired) electrons. The van der Waals surface area contributed by atoms with Crippen LogP contribution in [0.1, 0.15) is 19.3 Å². The van der Waals surface area contributed by atoms with E-state index in [0.717, 1.165) is 25.3 Å². The quantitative estimate of drug-likeness (QED) is 0.634. The Hall–Kier alpha value is -2.18. The molecule has 0 unspecified atom stereocenters. The van der Waals surface area contributed by atoms with Gasteiger partial charge in [0, 0.05) is 32.1 Å². The molecule has 1 aromatic rings. The van der Waals surface area contributed by atoms with E-state index < -0.39 is 16.4 Å². The molecule has 1 heterocycles. The Bertz CT molecular complexity index is 604. The number of rotatable bonds is 3. The summed E-state index contributed by atoms with van der Waals surface area (Å²) in [6, 6.07) is 4.15. The van der Waals surface area contributed by atoms with Gasteiger partial charge in [0.15, 0.2) is 0 Å². The van der Waals surface area contributed by atoms with Crippen molar-refractivity contribution in [2.45, 2.75) is 19.3 Å². The summed E-state index contributed by atoms with van der Waals surface area (Å²) in [4.78, 5) is 26.2. The highest BCUT2D eigenvalue weighted by Gasteiger charge is 2.34. The summed E-state index contributed by atoms with van der Waals surface area (Å²) in [5.74, 6) is -0.455. The SMILES string of the molecule is O=C(C1CC1)N1CCCN(c2cccc(F)c2[N+](=O)[O-])CC1. The van der Waals surface area contributed by atoms with E-state index in [1.807, 2.05) is 4.90 Å². The standard InChI is InChI=1S/C15H18FN3O3/c16-12-3-1-4-13(14(12)19(21)22)17-7-2-8-18(10-9-17)15(20)11-5-6-11/h1,3-4,11H,2,5-10H2. The van der Waals surface area contributed by atoms with Gasteiger partial charge in [-0.05, 0) is 31.4 Å². The number of carbonyl (C=O) groups is 1. The van der Waals surface area contributed by atoms with Gasteiger partial charge in [-0.25, -0.2) is 0 Å². The van der Waals surface area contributed by atoms with Gasteiger partial charge in [0.1, 0.15) is 5.69 Å². The second-order valence-corrected chi connectivity index (χ2v) is 5.80. The summed E-state index contributed by atoms with van der Waals surface area (Å²) in [5.41, 5.74) is -0.185. The summed E-state index contributed by atoms with van der Waals surface area (Å²) >= 11 is 0. The van der Waals surface area contributed by atoms with Crippen molar-refractivity contribution < 1.29 is 14.1 Å². The molecule has 0 N–H and O–H groups in total. The van der Waals surface area contributed by atoms with Gasteiger partial charge in [0.25, 0.3) is 0 Å². The van der Waals surface area contributed by atoms with Crippen LogP contribution < -0.4 is 4.90 Å². The second-order valence-electron chi connectivity index (χ2n) is 5.80. The van der Waals surface area contributed by atoms with Crippen molar-refractivity contribution in [3.8, 4) is 0 Å². The molecule has 1 aliphatic heterocycles. The first-order chi connectivity index (χ1) is 10.6. The maximum absolute atomic E-state index is 13.7. The Labute approximate surface area is 127 Å². The minimum absolute atomic E-state index is 0.176. The number of halogens is 1. The third-order valence-electron chi connectivity index (χ3n) is 4.22. The summed E-state index contributed by atoms with van der Waals surface area (Å²) in [7, 11) is 0. The van der Waals surface area contributed by atoms with Gasteiger partial charge < -0.3 is 9.80 Å². The first-order valence-electron chi connectivity index (χ1n) is 7.54. The van der Waals surface area contributed by atoms with Gasteiger partial charge in [-0.3, -0.25) is 14.9 Å². The Balaban J connectivity index is 1.77. The molecule has 1 amide bonds. The molecule has 2 aliphatic rings. The number of nitro benzene ring substituents is 1. The molecule has 1 saturated heterocycles. The Kier molecular flexibility index (Phi) is 3.96. The number of hydrogen-bond acceptors (Lipinski definition) is 4. The summed E-state index contributed by atoms with van der Waals surface area (Å²) in [5, 5.41) is 11.1. The Morgan fingerprint density at radius 1 is 1.23 bits per heavy atom. The van der Waals surface area contributed by atoms with Gasteiger partial charge in [-0.1, -0.05) is 6.07 Å². The van der Waals surface area contributed by atoms with Crippen LogP contribution in [0.3, 0.4) is 0 Å². The number of nitro groups is 1. The minimum atomic E-state index is -0.822. The molecule has 0 spiro atoms. The molecule has 1 saturated carbocycles. The lowest BCUT2D eigenvalue weighted by atomic mass is 10.2. The molecule has 0 aromatic heterocycles. The molecule has 1 aromatic carbocycles. The van der Waals surface area contributed by atoms with Gasteiger partial charge in [0.05, 0.1) is 4.92 Å². The number of nitrogens with zero attached hydrogens (tertiary/aromatic N) is 3. The summed E-state index contributed by atoms with van der Waals surface area (Å²) in [6.45, 7) is 2.26. The van der Waals surface area contributed by atoms with E-state index in [9.17, 15) is 19.3 Å². The zero-order valence-corrected chi connectivity index (χ0v) is 12.2. The summed E-state index contributed by atoms with van der Waals surface area (Å²) in [6.07, 6.45) is 2.66. The van der Waals surface area contributed by atoms with Crippen LogP contribution in [0.4, 0.5) is 15.8 Å². The highest BCUT2D eigenvalue weighted by atomic mass is 19.1. The first kappa shape index (κ1) is 14.7. The van der Waals surface area contributed by atoms with Crippen molar-refractivity contribution in [2.75, 3.05) is 31.1 Å². The zero-order chi connectivity index (χ0) is 15.7. The van der Waals surface area contributed by atoms with Crippen LogP contribution in [0.25, 0.3) is 0 Å². The van der Waals surface area contributed by atoms with Crippen molar-refractivity contribution in [2.24, 2.45) is 5.92 Å². The third kappa shape index (κ3) is 2.88. The van der Waals surface area contributed by atoms with Crippen LogP contribution in [0.15, 0.2) is 18.2 Å². The average Bonchev–Trinajstić information content (AvgIpc) is 3.32. The molecule has 7 heteroatoms. The van der Waals surface area contributed by atoms with E-state index in [4.69, 9.17) is 0 Å². The highest BCUT2D eigenvalue weighted by molar-refractivity contribution is 5.81. The summed E-state index contributed by atoms with van der Waals surface area (Å²) < 4.78 is 13.7. The lowest BCUT2D eigenvalue weighted by molar-refractivity contribution is -0.386. The number of anilines is 1. The van der Waals surface area contributed by atoms with Crippen LogP contribution in [-0.4, -0.2) is 41.9 Å². The number of amides is 1. The number of carbonyl (C=O) groups excluding carboxylic acids is 1. The maximum atomic E-state index is 13.7. The monoisotopic (exact) mass is 307 g/mol. The van der Waals surface area contributed by atoms with Gasteiger partial charge in [0.2, 0.25) is 11.7 Å². The Morgan fingerprint density at radius 3 is 2.68 bits per heavy atom. The number of para-hydroxylation sites is 1. The fourth-order valence-corrected chi connectivity index (χ4v) is 2.91. The first-order valence-corrected chi connectivity index (χ1v) is 7.54. The van der Waals surface area contributed by atoms with Crippen LogP contribution in [-0.2, 0) is 4.79 Å². The van der Waals surface area contributed by atoms with E-state index in [1.54, 1.807) is 11.0 Å². The molecule has 2 fully saturated rings. The van der Waals surface area contributed by atoms with Crippen molar-refractivity contribution in [3.05, 3.63) is 34.1 Å². The molecular formula is C15H18FN3O3. The van der Waals surface area contributed by atoms with Crippen molar-refractivity contribution in [1.82, 2.24) is 4.90 Å². The predicted octanol–water partition coefficient (Wildman–Crippen LogP) is 2.18. The molecule has 118 valence electrons. The topological polar surface area (TPSA) is 66.7 Å². The van der Waals surface area contributed by atoms with Crippen LogP contribution >= 0.6 is 0 Å². The number of hydrogen-bond donors (Lipinski definition) is 0. The predicted molar refractivity (Wildman–Crippen MR) is 79.2 cm³/mol. The lowest BCUT2D eigenvalue weighted by Crippen LogP contribution is -2.36.